The van der Waals surface area contributed by atoms with Crippen molar-refractivity contribution >= 4 is 23.4 Å². The molecule has 20 heavy (non-hydrogen) atoms. The normalized spacial score (nSPS) is 10.4. The van der Waals surface area contributed by atoms with E-state index in [2.05, 4.69) is 15.2 Å². The highest BCUT2D eigenvalue weighted by Gasteiger charge is 2.20. The summed E-state index contributed by atoms with van der Waals surface area (Å²) in [5.74, 6) is -1.36. The maximum Gasteiger partial charge on any atom is 0.343 e. The molecule has 0 bridgehead atoms. The zero-order chi connectivity index (χ0) is 14.9. The fourth-order valence-corrected chi connectivity index (χ4v) is 2.13. The molecule has 0 aliphatic carbocycles. The number of hydrogen-bond donors (Lipinski definition) is 2. The second kappa shape index (κ2) is 5.13. The Bertz CT molecular complexity index is 751. The summed E-state index contributed by atoms with van der Waals surface area (Å²) in [6, 6.07) is 0.905. The molecule has 11 heteroatoms. The summed E-state index contributed by atoms with van der Waals surface area (Å²) in [5.41, 5.74) is -1.23. The average molecular weight is 297 g/mol. The van der Waals surface area contributed by atoms with Crippen molar-refractivity contribution in [3.63, 3.8) is 0 Å². The number of carboxylic acid groups (broad SMARTS) is 1. The van der Waals surface area contributed by atoms with Gasteiger partial charge in [-0.15, -0.1) is 5.10 Å². The lowest BCUT2D eigenvalue weighted by molar-refractivity contribution is -0.385. The second-order valence-electron chi connectivity index (χ2n) is 3.58. The number of carbonyl (C=O) groups is 1. The Morgan fingerprint density at radius 2 is 2.30 bits per heavy atom. The summed E-state index contributed by atoms with van der Waals surface area (Å²) >= 11 is 0.816. The minimum atomic E-state index is -1.36. The molecule has 0 aromatic carbocycles. The van der Waals surface area contributed by atoms with E-state index in [1.54, 1.807) is 0 Å². The lowest BCUT2D eigenvalue weighted by Gasteiger charge is -2.03. The predicted octanol–water partition coefficient (Wildman–Crippen LogP) is 0.261. The van der Waals surface area contributed by atoms with Gasteiger partial charge in [0.15, 0.2) is 5.16 Å². The largest absolute Gasteiger partial charge is 0.478 e. The van der Waals surface area contributed by atoms with Crippen molar-refractivity contribution in [2.45, 2.75) is 10.2 Å². The number of hydrogen-bond acceptors (Lipinski definition) is 7. The van der Waals surface area contributed by atoms with Crippen LogP contribution < -0.4 is 5.69 Å². The summed E-state index contributed by atoms with van der Waals surface area (Å²) in [7, 11) is 1.44. The Morgan fingerprint density at radius 1 is 1.60 bits per heavy atom. The molecule has 2 rings (SSSR count). The molecule has 0 spiro atoms. The van der Waals surface area contributed by atoms with Gasteiger partial charge in [-0.3, -0.25) is 14.7 Å². The molecule has 0 atom stereocenters. The number of aromatic nitrogens is 4. The molecule has 2 aromatic rings. The van der Waals surface area contributed by atoms with Crippen LogP contribution in [-0.2, 0) is 7.05 Å². The van der Waals surface area contributed by atoms with Crippen LogP contribution in [0.1, 0.15) is 10.4 Å². The van der Waals surface area contributed by atoms with Crippen LogP contribution in [0.15, 0.2) is 27.2 Å². The van der Waals surface area contributed by atoms with Crippen LogP contribution in [0.5, 0.6) is 0 Å². The van der Waals surface area contributed by atoms with Crippen molar-refractivity contribution in [1.82, 2.24) is 19.7 Å². The molecule has 0 radical (unpaired) electrons. The monoisotopic (exact) mass is 297 g/mol. The second-order valence-corrected chi connectivity index (χ2v) is 4.54. The van der Waals surface area contributed by atoms with Gasteiger partial charge in [0, 0.05) is 13.1 Å². The van der Waals surface area contributed by atoms with Crippen LogP contribution in [0, 0.1) is 10.1 Å². The van der Waals surface area contributed by atoms with Gasteiger partial charge >= 0.3 is 11.7 Å². The fraction of sp³-hybridized carbons (Fsp3) is 0.111. The summed E-state index contributed by atoms with van der Waals surface area (Å²) in [6.07, 6.45) is 0.944. The van der Waals surface area contributed by atoms with E-state index in [1.165, 1.54) is 11.6 Å². The zero-order valence-corrected chi connectivity index (χ0v) is 10.7. The molecular weight excluding hydrogens is 290 g/mol. The Morgan fingerprint density at radius 3 is 2.80 bits per heavy atom. The molecule has 0 unspecified atom stereocenters. The van der Waals surface area contributed by atoms with Crippen LogP contribution in [0.3, 0.4) is 0 Å². The molecule has 0 fully saturated rings. The smallest absolute Gasteiger partial charge is 0.343 e. The number of nitrogens with one attached hydrogen (secondary N) is 1. The molecule has 0 aliphatic rings. The Labute approximate surface area is 114 Å². The van der Waals surface area contributed by atoms with Crippen molar-refractivity contribution in [1.29, 1.82) is 0 Å². The van der Waals surface area contributed by atoms with Gasteiger partial charge in [0.1, 0.15) is 11.2 Å². The summed E-state index contributed by atoms with van der Waals surface area (Å²) in [5, 5.41) is 25.7. The van der Waals surface area contributed by atoms with Crippen LogP contribution >= 0.6 is 11.8 Å². The molecule has 0 saturated heterocycles. The third kappa shape index (κ3) is 2.51. The quantitative estimate of drug-likeness (QED) is 0.604. The first kappa shape index (κ1) is 13.7. The Balaban J connectivity index is 2.46. The standard InChI is InChI=1S/C9H7N5O5S/c1-13-8(17)11-12-9(13)20-6-5(7(15)16)2-4(3-10-6)14(18)19/h2-3H,1H3,(H,11,17)(H,15,16). The van der Waals surface area contributed by atoms with E-state index < -0.39 is 22.3 Å². The van der Waals surface area contributed by atoms with E-state index in [0.29, 0.717) is 0 Å². The molecule has 2 aromatic heterocycles. The van der Waals surface area contributed by atoms with Gasteiger partial charge in [0.25, 0.3) is 5.69 Å². The first-order chi connectivity index (χ1) is 9.40. The molecule has 104 valence electrons. The first-order valence-electron chi connectivity index (χ1n) is 5.07. The third-order valence-corrected chi connectivity index (χ3v) is 3.37. The number of H-pyrrole nitrogens is 1. The first-order valence-corrected chi connectivity index (χ1v) is 5.88. The van der Waals surface area contributed by atoms with Crippen LogP contribution in [0.4, 0.5) is 5.69 Å². The predicted molar refractivity (Wildman–Crippen MR) is 65.8 cm³/mol. The highest BCUT2D eigenvalue weighted by Crippen LogP contribution is 2.28. The third-order valence-electron chi connectivity index (χ3n) is 2.30. The number of aromatic carboxylic acids is 1. The highest BCUT2D eigenvalue weighted by atomic mass is 32.2. The Kier molecular flexibility index (Phi) is 3.52. The molecule has 2 N–H and O–H groups in total. The number of carboxylic acids is 1. The zero-order valence-electron chi connectivity index (χ0n) is 9.93. The van der Waals surface area contributed by atoms with E-state index in [0.717, 1.165) is 24.0 Å². The van der Waals surface area contributed by atoms with Crippen LogP contribution in [0.25, 0.3) is 0 Å². The molecule has 0 aliphatic heterocycles. The van der Waals surface area contributed by atoms with Crippen LogP contribution in [0.2, 0.25) is 0 Å². The van der Waals surface area contributed by atoms with Crippen molar-refractivity contribution in [3.05, 3.63) is 38.4 Å². The van der Waals surface area contributed by atoms with Gasteiger partial charge < -0.3 is 5.11 Å². The fourth-order valence-electron chi connectivity index (χ4n) is 1.29. The van der Waals surface area contributed by atoms with E-state index in [4.69, 9.17) is 5.11 Å². The number of nitrogens with zero attached hydrogens (tertiary/aromatic N) is 4. The van der Waals surface area contributed by atoms with E-state index in [-0.39, 0.29) is 15.7 Å². The van der Waals surface area contributed by atoms with Gasteiger partial charge in [-0.1, -0.05) is 0 Å². The minimum Gasteiger partial charge on any atom is -0.478 e. The number of rotatable bonds is 4. The highest BCUT2D eigenvalue weighted by molar-refractivity contribution is 7.99. The number of nitro groups is 1. The van der Waals surface area contributed by atoms with Crippen LogP contribution in [-0.4, -0.2) is 35.7 Å². The van der Waals surface area contributed by atoms with Gasteiger partial charge in [-0.25, -0.2) is 19.7 Å². The molecule has 0 saturated carbocycles. The molecule has 2 heterocycles. The molecule has 10 nitrogen and oxygen atoms in total. The van der Waals surface area contributed by atoms with Crippen molar-refractivity contribution in [2.75, 3.05) is 0 Å². The minimum absolute atomic E-state index is 0.00481. The SMILES string of the molecule is Cn1c(Sc2ncc([N+](=O)[O-])cc2C(=O)O)n[nH]c1=O. The number of pyridine rings is 1. The van der Waals surface area contributed by atoms with Gasteiger partial charge in [-0.2, -0.15) is 0 Å². The van der Waals surface area contributed by atoms with Crippen molar-refractivity contribution < 1.29 is 14.8 Å². The molecule has 0 amide bonds. The molecular formula is C9H7N5O5S. The number of aromatic amines is 1. The van der Waals surface area contributed by atoms with E-state index in [1.807, 2.05) is 0 Å². The average Bonchev–Trinajstić information content (AvgIpc) is 2.70. The Hall–Kier alpha value is -2.69. The topological polar surface area (TPSA) is 144 Å². The summed E-state index contributed by atoms with van der Waals surface area (Å²) in [6.45, 7) is 0. The maximum absolute atomic E-state index is 11.2. The maximum atomic E-state index is 11.2. The lowest BCUT2D eigenvalue weighted by Crippen LogP contribution is -2.13. The lowest BCUT2D eigenvalue weighted by atomic mass is 10.3. The van der Waals surface area contributed by atoms with E-state index >= 15 is 0 Å². The van der Waals surface area contributed by atoms with E-state index in [9.17, 15) is 19.7 Å². The van der Waals surface area contributed by atoms with Gasteiger partial charge in [0.2, 0.25) is 0 Å². The van der Waals surface area contributed by atoms with Gasteiger partial charge in [0.05, 0.1) is 10.5 Å². The van der Waals surface area contributed by atoms with Crippen molar-refractivity contribution in [2.24, 2.45) is 7.05 Å². The summed E-state index contributed by atoms with van der Waals surface area (Å²) in [4.78, 5) is 35.9. The summed E-state index contributed by atoms with van der Waals surface area (Å²) < 4.78 is 1.17. The van der Waals surface area contributed by atoms with Gasteiger partial charge in [-0.05, 0) is 11.8 Å². The van der Waals surface area contributed by atoms with Crippen molar-refractivity contribution in [3.8, 4) is 0 Å².